The van der Waals surface area contributed by atoms with Gasteiger partial charge >= 0.3 is 0 Å². The zero-order chi connectivity index (χ0) is 10.7. The molecule has 1 aromatic rings. The Labute approximate surface area is 88.3 Å². The summed E-state index contributed by atoms with van der Waals surface area (Å²) in [5.41, 5.74) is 0.203. The second-order valence-corrected chi connectivity index (χ2v) is 3.52. The Hall–Kier alpha value is -1.10. The van der Waals surface area contributed by atoms with Crippen molar-refractivity contribution in [3.8, 4) is 11.5 Å². The van der Waals surface area contributed by atoms with E-state index in [2.05, 4.69) is 15.9 Å². The van der Waals surface area contributed by atoms with Gasteiger partial charge in [0.1, 0.15) is 12.1 Å². The van der Waals surface area contributed by atoms with Crippen LogP contribution >= 0.6 is 15.9 Å². The molecule has 0 aliphatic rings. The lowest BCUT2D eigenvalue weighted by atomic mass is 10.1. The summed E-state index contributed by atoms with van der Waals surface area (Å²) < 4.78 is 13.1. The number of benzene rings is 1. The van der Waals surface area contributed by atoms with Gasteiger partial charge in [-0.1, -0.05) is 0 Å². The van der Waals surface area contributed by atoms with Gasteiger partial charge in [0.05, 0.1) is 4.47 Å². The monoisotopic (exact) mass is 262 g/mol. The third kappa shape index (κ3) is 2.04. The molecule has 2 N–H and O–H groups in total. The maximum absolute atomic E-state index is 13.0. The normalized spacial score (nSPS) is 10.1. The molecule has 0 bridgehead atoms. The summed E-state index contributed by atoms with van der Waals surface area (Å²) in [4.78, 5) is 10.1. The van der Waals surface area contributed by atoms with Crippen LogP contribution in [0, 0.1) is 5.82 Å². The fraction of sp³-hybridized carbons (Fsp3) is 0.222. The Kier molecular flexibility index (Phi) is 3.46. The number of rotatable bonds is 3. The first-order chi connectivity index (χ1) is 6.57. The predicted molar refractivity (Wildman–Crippen MR) is 51.8 cm³/mol. The number of carbonyl (C=O) groups is 1. The van der Waals surface area contributed by atoms with Crippen LogP contribution in [0.25, 0.3) is 0 Å². The highest BCUT2D eigenvalue weighted by Crippen LogP contribution is 2.36. The number of carbonyl (C=O) groups excluding carboxylic acids is 1. The van der Waals surface area contributed by atoms with Gasteiger partial charge in [-0.15, -0.1) is 0 Å². The van der Waals surface area contributed by atoms with E-state index in [0.717, 1.165) is 6.07 Å². The van der Waals surface area contributed by atoms with Crippen molar-refractivity contribution in [2.45, 2.75) is 12.8 Å². The summed E-state index contributed by atoms with van der Waals surface area (Å²) in [7, 11) is 0. The average molecular weight is 263 g/mol. The molecule has 0 aliphatic carbocycles. The molecule has 14 heavy (non-hydrogen) atoms. The molecule has 0 fully saturated rings. The molecule has 0 saturated carbocycles. The Balaban J connectivity index is 3.17. The molecule has 0 radical (unpaired) electrons. The van der Waals surface area contributed by atoms with E-state index in [1.807, 2.05) is 0 Å². The molecule has 0 atom stereocenters. The number of aromatic hydroxyl groups is 2. The fourth-order valence-corrected chi connectivity index (χ4v) is 1.59. The van der Waals surface area contributed by atoms with Crippen molar-refractivity contribution in [3.63, 3.8) is 0 Å². The van der Waals surface area contributed by atoms with Crippen LogP contribution in [0.1, 0.15) is 12.0 Å². The predicted octanol–water partition coefficient (Wildman–Crippen LogP) is 2.13. The van der Waals surface area contributed by atoms with Crippen LogP contribution < -0.4 is 0 Å². The maximum Gasteiger partial charge on any atom is 0.162 e. The molecule has 1 aromatic carbocycles. The van der Waals surface area contributed by atoms with Gasteiger partial charge in [-0.05, 0) is 22.4 Å². The number of phenols is 2. The van der Waals surface area contributed by atoms with Crippen LogP contribution in [0.3, 0.4) is 0 Å². The summed E-state index contributed by atoms with van der Waals surface area (Å²) in [6.45, 7) is 0. The molecule has 0 aliphatic heterocycles. The van der Waals surface area contributed by atoms with Crippen molar-refractivity contribution in [2.24, 2.45) is 0 Å². The topological polar surface area (TPSA) is 57.5 Å². The van der Waals surface area contributed by atoms with Crippen molar-refractivity contribution in [1.82, 2.24) is 0 Å². The molecular formula is C9H8BrFO3. The van der Waals surface area contributed by atoms with Gasteiger partial charge in [0, 0.05) is 18.1 Å². The van der Waals surface area contributed by atoms with Crippen LogP contribution in [-0.2, 0) is 11.2 Å². The average Bonchev–Trinajstić information content (AvgIpc) is 2.15. The third-order valence-electron chi connectivity index (χ3n) is 1.78. The van der Waals surface area contributed by atoms with E-state index in [1.54, 1.807) is 0 Å². The van der Waals surface area contributed by atoms with Crippen molar-refractivity contribution >= 4 is 22.2 Å². The molecule has 5 heteroatoms. The fourth-order valence-electron chi connectivity index (χ4n) is 1.09. The maximum atomic E-state index is 13.0. The molecule has 0 spiro atoms. The SMILES string of the molecule is O=CCCc1c(O)c(O)cc(F)c1Br. The summed E-state index contributed by atoms with van der Waals surface area (Å²) >= 11 is 2.93. The summed E-state index contributed by atoms with van der Waals surface area (Å²) in [5.74, 6) is -1.58. The van der Waals surface area contributed by atoms with Crippen LogP contribution in [0.15, 0.2) is 10.5 Å². The lowest BCUT2D eigenvalue weighted by Crippen LogP contribution is -1.92. The second kappa shape index (κ2) is 4.41. The summed E-state index contributed by atoms with van der Waals surface area (Å²) in [6.07, 6.45) is 1.00. The zero-order valence-electron chi connectivity index (χ0n) is 7.13. The van der Waals surface area contributed by atoms with E-state index in [9.17, 15) is 14.3 Å². The lowest BCUT2D eigenvalue weighted by Gasteiger charge is -2.08. The molecule has 0 heterocycles. The van der Waals surface area contributed by atoms with Crippen LogP contribution in [0.5, 0.6) is 11.5 Å². The highest BCUT2D eigenvalue weighted by Gasteiger charge is 2.15. The number of aldehydes is 1. The van der Waals surface area contributed by atoms with Gasteiger partial charge in [0.25, 0.3) is 0 Å². The minimum absolute atomic E-state index is 0.0784. The van der Waals surface area contributed by atoms with Gasteiger partial charge in [0.2, 0.25) is 0 Å². The number of hydrogen-bond donors (Lipinski definition) is 2. The molecular weight excluding hydrogens is 255 g/mol. The highest BCUT2D eigenvalue weighted by atomic mass is 79.9. The first kappa shape index (κ1) is 11.0. The standard InChI is InChI=1S/C9H8BrFO3/c10-8-5(2-1-3-12)9(14)7(13)4-6(8)11/h3-4,13-14H,1-2H2. The number of hydrogen-bond acceptors (Lipinski definition) is 3. The smallest absolute Gasteiger partial charge is 0.162 e. The second-order valence-electron chi connectivity index (χ2n) is 2.72. The number of halogens is 2. The van der Waals surface area contributed by atoms with Crippen LogP contribution in [-0.4, -0.2) is 16.5 Å². The van der Waals surface area contributed by atoms with Gasteiger partial charge in [-0.2, -0.15) is 0 Å². The minimum Gasteiger partial charge on any atom is -0.504 e. The summed E-state index contributed by atoms with van der Waals surface area (Å²) in [5, 5.41) is 18.5. The van der Waals surface area contributed by atoms with Gasteiger partial charge in [-0.3, -0.25) is 0 Å². The molecule has 0 aromatic heterocycles. The quantitative estimate of drug-likeness (QED) is 0.648. The van der Waals surface area contributed by atoms with Gasteiger partial charge < -0.3 is 15.0 Å². The van der Waals surface area contributed by atoms with Gasteiger partial charge in [-0.25, -0.2) is 4.39 Å². The lowest BCUT2D eigenvalue weighted by molar-refractivity contribution is -0.107. The molecule has 0 amide bonds. The molecule has 0 unspecified atom stereocenters. The van der Waals surface area contributed by atoms with E-state index in [0.29, 0.717) is 6.29 Å². The van der Waals surface area contributed by atoms with Crippen molar-refractivity contribution < 1.29 is 19.4 Å². The van der Waals surface area contributed by atoms with E-state index >= 15 is 0 Å². The van der Waals surface area contributed by atoms with Crippen LogP contribution in [0.4, 0.5) is 4.39 Å². The summed E-state index contributed by atoms with van der Waals surface area (Å²) in [6, 6.07) is 0.809. The number of phenolic OH excluding ortho intramolecular Hbond substituents is 2. The molecule has 3 nitrogen and oxygen atoms in total. The van der Waals surface area contributed by atoms with Crippen molar-refractivity contribution in [3.05, 3.63) is 21.9 Å². The van der Waals surface area contributed by atoms with Crippen molar-refractivity contribution in [1.29, 1.82) is 0 Å². The van der Waals surface area contributed by atoms with Crippen LogP contribution in [0.2, 0.25) is 0 Å². The zero-order valence-corrected chi connectivity index (χ0v) is 8.71. The largest absolute Gasteiger partial charge is 0.504 e. The van der Waals surface area contributed by atoms with Crippen molar-refractivity contribution in [2.75, 3.05) is 0 Å². The molecule has 1 rings (SSSR count). The Morgan fingerprint density at radius 3 is 2.71 bits per heavy atom. The van der Waals surface area contributed by atoms with E-state index in [1.165, 1.54) is 0 Å². The van der Waals surface area contributed by atoms with E-state index in [-0.39, 0.29) is 28.6 Å². The molecule has 0 saturated heterocycles. The highest BCUT2D eigenvalue weighted by molar-refractivity contribution is 9.10. The Morgan fingerprint density at radius 1 is 1.50 bits per heavy atom. The molecule has 76 valence electrons. The van der Waals surface area contributed by atoms with E-state index in [4.69, 9.17) is 5.11 Å². The minimum atomic E-state index is -0.666. The van der Waals surface area contributed by atoms with Gasteiger partial charge in [0.15, 0.2) is 11.5 Å². The Bertz CT molecular complexity index is 339. The first-order valence-corrected chi connectivity index (χ1v) is 4.69. The Morgan fingerprint density at radius 2 is 2.14 bits per heavy atom. The van der Waals surface area contributed by atoms with E-state index < -0.39 is 11.6 Å². The first-order valence-electron chi connectivity index (χ1n) is 3.90. The third-order valence-corrected chi connectivity index (χ3v) is 2.64.